The van der Waals surface area contributed by atoms with E-state index in [1.807, 2.05) is 0 Å². The molecule has 2 aliphatic rings. The first-order valence-electron chi connectivity index (χ1n) is 9.35. The van der Waals surface area contributed by atoms with Gasteiger partial charge >= 0.3 is 31.3 Å². The molecule has 0 aliphatic heterocycles. The number of fused-ring (bicyclic) bond motifs is 4. The lowest BCUT2D eigenvalue weighted by Crippen LogP contribution is -2.31. The van der Waals surface area contributed by atoms with Crippen LogP contribution in [0.1, 0.15) is 35.1 Å². The normalized spacial score (nSPS) is 17.6. The van der Waals surface area contributed by atoms with Gasteiger partial charge in [-0.05, 0) is 48.9 Å². The molecule has 180 valence electrons. The minimum Gasteiger partial charge on any atom is -0.376 e. The predicted octanol–water partition coefficient (Wildman–Crippen LogP) is 4.32. The Balaban J connectivity index is 1.89. The summed E-state index contributed by atoms with van der Waals surface area (Å²) < 4.78 is 133. The highest BCUT2D eigenvalue weighted by molar-refractivity contribution is 7.88. The van der Waals surface area contributed by atoms with Crippen molar-refractivity contribution in [1.29, 1.82) is 0 Å². The summed E-state index contributed by atoms with van der Waals surface area (Å²) in [6, 6.07) is 7.69. The first kappa shape index (κ1) is 23.7. The minimum atomic E-state index is -6.03. The molecule has 14 heteroatoms. The Morgan fingerprint density at radius 3 is 1.36 bits per heavy atom. The van der Waals surface area contributed by atoms with Crippen molar-refractivity contribution in [3.8, 4) is 11.5 Å². The molecule has 0 bridgehead atoms. The van der Waals surface area contributed by atoms with Gasteiger partial charge in [0.15, 0.2) is 0 Å². The summed E-state index contributed by atoms with van der Waals surface area (Å²) in [5.74, 6) is -1.24. The van der Waals surface area contributed by atoms with Crippen LogP contribution >= 0.6 is 0 Å². The van der Waals surface area contributed by atoms with Crippen LogP contribution in [0.5, 0.6) is 11.5 Å². The van der Waals surface area contributed by atoms with Crippen molar-refractivity contribution >= 4 is 20.2 Å². The lowest BCUT2D eigenvalue weighted by Gasteiger charge is -2.29. The zero-order valence-corrected chi connectivity index (χ0v) is 18.0. The molecule has 1 spiro atoms. The van der Waals surface area contributed by atoms with E-state index < -0.39 is 48.2 Å². The summed E-state index contributed by atoms with van der Waals surface area (Å²) in [5, 5.41) is 0. The Hall–Kier alpha value is -2.48. The molecule has 33 heavy (non-hydrogen) atoms. The molecular formula is C19H14F6O6S2. The highest BCUT2D eigenvalue weighted by Crippen LogP contribution is 2.58. The Morgan fingerprint density at radius 2 is 1.03 bits per heavy atom. The summed E-state index contributed by atoms with van der Waals surface area (Å²) in [4.78, 5) is 0. The lowest BCUT2D eigenvalue weighted by atomic mass is 9.76. The topological polar surface area (TPSA) is 86.7 Å². The maximum absolute atomic E-state index is 12.9. The molecular weight excluding hydrogens is 502 g/mol. The van der Waals surface area contributed by atoms with Crippen LogP contribution < -0.4 is 8.37 Å². The summed E-state index contributed by atoms with van der Waals surface area (Å²) in [5.41, 5.74) is -11.7. The first-order chi connectivity index (χ1) is 15.1. The molecule has 4 rings (SSSR count). The molecule has 0 radical (unpaired) electrons. The molecule has 0 N–H and O–H groups in total. The van der Waals surface area contributed by atoms with Crippen molar-refractivity contribution in [2.75, 3.05) is 0 Å². The minimum absolute atomic E-state index is 0.0528. The van der Waals surface area contributed by atoms with Gasteiger partial charge in [-0.1, -0.05) is 24.3 Å². The molecule has 0 fully saturated rings. The summed E-state index contributed by atoms with van der Waals surface area (Å²) in [6.45, 7) is 0. The second-order valence-corrected chi connectivity index (χ2v) is 10.7. The number of halogens is 6. The number of benzene rings is 2. The number of hydrogen-bond donors (Lipinski definition) is 0. The van der Waals surface area contributed by atoms with E-state index in [0.717, 1.165) is 12.1 Å². The van der Waals surface area contributed by atoms with E-state index in [-0.39, 0.29) is 36.8 Å². The van der Waals surface area contributed by atoms with E-state index in [1.54, 1.807) is 0 Å². The average Bonchev–Trinajstić information content (AvgIpc) is 3.23. The van der Waals surface area contributed by atoms with Crippen LogP contribution in [0, 0.1) is 0 Å². The molecule has 2 aromatic rings. The van der Waals surface area contributed by atoms with Gasteiger partial charge in [-0.2, -0.15) is 43.2 Å². The van der Waals surface area contributed by atoms with Gasteiger partial charge in [0.2, 0.25) is 0 Å². The van der Waals surface area contributed by atoms with Crippen LogP contribution in [-0.2, 0) is 38.5 Å². The third-order valence-electron chi connectivity index (χ3n) is 5.79. The molecule has 6 nitrogen and oxygen atoms in total. The second-order valence-electron chi connectivity index (χ2n) is 7.63. The largest absolute Gasteiger partial charge is 0.534 e. The monoisotopic (exact) mass is 516 g/mol. The number of aryl methyl sites for hydroxylation is 2. The Bertz CT molecular complexity index is 1230. The van der Waals surface area contributed by atoms with Crippen LogP contribution in [-0.4, -0.2) is 27.9 Å². The number of rotatable bonds is 4. The fraction of sp³-hybridized carbons (Fsp3) is 0.368. The molecule has 0 aromatic heterocycles. The van der Waals surface area contributed by atoms with Crippen molar-refractivity contribution in [2.24, 2.45) is 0 Å². The van der Waals surface area contributed by atoms with Crippen LogP contribution in [0.4, 0.5) is 26.3 Å². The standard InChI is InChI=1S/C19H14F6O6S2/c20-18(21,22)32(26,27)30-13-5-1-3-11-7-9-17(15(11)13)10-8-12-4-2-6-14(16(12)17)31-33(28,29)19(23,24)25/h1-6H,7-10H2. The first-order valence-corrected chi connectivity index (χ1v) is 12.2. The number of hydrogen-bond acceptors (Lipinski definition) is 6. The van der Waals surface area contributed by atoms with Gasteiger partial charge < -0.3 is 8.37 Å². The molecule has 0 saturated carbocycles. The van der Waals surface area contributed by atoms with E-state index >= 15 is 0 Å². The third kappa shape index (κ3) is 3.72. The van der Waals surface area contributed by atoms with Crippen molar-refractivity contribution in [2.45, 2.75) is 42.1 Å². The summed E-state index contributed by atoms with van der Waals surface area (Å²) >= 11 is 0. The van der Waals surface area contributed by atoms with Gasteiger partial charge in [-0.25, -0.2) is 0 Å². The zero-order chi connectivity index (χ0) is 24.4. The van der Waals surface area contributed by atoms with Crippen LogP contribution in [0.3, 0.4) is 0 Å². The molecule has 0 heterocycles. The van der Waals surface area contributed by atoms with Crippen molar-refractivity contribution < 1.29 is 51.5 Å². The predicted molar refractivity (Wildman–Crippen MR) is 102 cm³/mol. The zero-order valence-electron chi connectivity index (χ0n) is 16.3. The van der Waals surface area contributed by atoms with Gasteiger partial charge in [-0.15, -0.1) is 0 Å². The maximum atomic E-state index is 12.9. The van der Waals surface area contributed by atoms with Crippen LogP contribution in [0.25, 0.3) is 0 Å². The van der Waals surface area contributed by atoms with Gasteiger partial charge in [0.25, 0.3) is 0 Å². The molecule has 0 unspecified atom stereocenters. The van der Waals surface area contributed by atoms with E-state index in [4.69, 9.17) is 0 Å². The van der Waals surface area contributed by atoms with Gasteiger partial charge in [-0.3, -0.25) is 0 Å². The molecule has 0 saturated heterocycles. The SMILES string of the molecule is O=S(=O)(Oc1cccc2c1C1(CC2)CCc2cccc(OS(=O)(=O)C(F)(F)F)c21)C(F)(F)F. The Kier molecular flexibility index (Phi) is 5.21. The smallest absolute Gasteiger partial charge is 0.376 e. The quantitative estimate of drug-likeness (QED) is 0.342. The van der Waals surface area contributed by atoms with E-state index in [2.05, 4.69) is 8.37 Å². The summed E-state index contributed by atoms with van der Waals surface area (Å²) in [6.07, 6.45) is 0.846. The molecule has 0 amide bonds. The molecule has 2 aromatic carbocycles. The highest BCUT2D eigenvalue weighted by Gasteiger charge is 2.54. The van der Waals surface area contributed by atoms with Gasteiger partial charge in [0.1, 0.15) is 11.5 Å². The lowest BCUT2D eigenvalue weighted by molar-refractivity contribution is -0.0504. The fourth-order valence-electron chi connectivity index (χ4n) is 4.57. The second kappa shape index (κ2) is 7.26. The molecule has 0 atom stereocenters. The van der Waals surface area contributed by atoms with Crippen molar-refractivity contribution in [3.63, 3.8) is 0 Å². The summed E-state index contributed by atoms with van der Waals surface area (Å²) in [7, 11) is -12.1. The Labute approximate surface area is 184 Å². The Morgan fingerprint density at radius 1 is 0.667 bits per heavy atom. The van der Waals surface area contributed by atoms with Gasteiger partial charge in [0, 0.05) is 16.5 Å². The van der Waals surface area contributed by atoms with Crippen molar-refractivity contribution in [3.05, 3.63) is 58.7 Å². The maximum Gasteiger partial charge on any atom is 0.534 e. The number of alkyl halides is 6. The van der Waals surface area contributed by atoms with Gasteiger partial charge in [0.05, 0.1) is 0 Å². The van der Waals surface area contributed by atoms with Crippen molar-refractivity contribution in [1.82, 2.24) is 0 Å². The van der Waals surface area contributed by atoms with E-state index in [0.29, 0.717) is 11.1 Å². The molecule has 2 aliphatic carbocycles. The van der Waals surface area contributed by atoms with Crippen LogP contribution in [0.2, 0.25) is 0 Å². The van der Waals surface area contributed by atoms with Crippen LogP contribution in [0.15, 0.2) is 36.4 Å². The van der Waals surface area contributed by atoms with E-state index in [1.165, 1.54) is 24.3 Å². The van der Waals surface area contributed by atoms with E-state index in [9.17, 15) is 43.2 Å². The highest BCUT2D eigenvalue weighted by atomic mass is 32.2. The average molecular weight is 516 g/mol. The third-order valence-corrected chi connectivity index (χ3v) is 7.72. The fourth-order valence-corrected chi connectivity index (χ4v) is 5.51.